The molecule has 2 amide bonds. The number of β-lactam (4-membered cyclic amide) rings is 1. The van der Waals surface area contributed by atoms with E-state index in [-0.39, 0.29) is 10.8 Å². The number of rotatable bonds is 5. The quantitative estimate of drug-likeness (QED) is 0.342. The van der Waals surface area contributed by atoms with Crippen molar-refractivity contribution in [2.24, 2.45) is 5.16 Å². The summed E-state index contributed by atoms with van der Waals surface area (Å²) in [6.45, 7) is 0. The van der Waals surface area contributed by atoms with Gasteiger partial charge in [0.05, 0.1) is 0 Å². The highest BCUT2D eigenvalue weighted by Crippen LogP contribution is 2.37. The molecule has 0 aliphatic carbocycles. The molecule has 1 saturated heterocycles. The van der Waals surface area contributed by atoms with Gasteiger partial charge >= 0.3 is 5.97 Å². The van der Waals surface area contributed by atoms with E-state index in [1.807, 2.05) is 0 Å². The molecule has 3 heterocycles. The molecule has 26 heavy (non-hydrogen) atoms. The Morgan fingerprint density at radius 2 is 2.31 bits per heavy atom. The zero-order valence-corrected chi connectivity index (χ0v) is 14.8. The summed E-state index contributed by atoms with van der Waals surface area (Å²) in [5.74, 6) is -2.32. The number of nitrogens with two attached hydrogens (primary N) is 1. The molecule has 2 atom stereocenters. The highest BCUT2D eigenvalue weighted by molar-refractivity contribution is 8.00. The molecule has 1 aromatic heterocycles. The smallest absolute Gasteiger partial charge is 0.352 e. The summed E-state index contributed by atoms with van der Waals surface area (Å²) in [5.41, 5.74) is 4.42. The average molecular weight is 401 g/mol. The maximum atomic E-state index is 13.9. The second kappa shape index (κ2) is 6.92. The van der Waals surface area contributed by atoms with Crippen molar-refractivity contribution in [2.75, 3.05) is 18.6 Å². The minimum Gasteiger partial charge on any atom is -0.477 e. The van der Waals surface area contributed by atoms with Gasteiger partial charge in [0, 0.05) is 5.75 Å². The zero-order chi connectivity index (χ0) is 19.0. The first-order valence-corrected chi connectivity index (χ1v) is 8.94. The third-order valence-corrected chi connectivity index (χ3v) is 5.43. The number of carbonyl (C=O) groups is 3. The number of nitrogens with zero attached hydrogens (tertiary/aromatic N) is 3. The van der Waals surface area contributed by atoms with Crippen molar-refractivity contribution >= 4 is 51.7 Å². The number of aliphatic carboxylic acids is 1. The molecule has 2 aliphatic heterocycles. The number of halogens is 1. The van der Waals surface area contributed by atoms with Gasteiger partial charge in [-0.15, -0.1) is 11.8 Å². The van der Waals surface area contributed by atoms with Gasteiger partial charge in [-0.2, -0.15) is 4.39 Å². The first-order valence-electron chi connectivity index (χ1n) is 7.07. The third-order valence-electron chi connectivity index (χ3n) is 3.58. The standard InChI is InChI=1S/C13H12FN5O5S2/c1-24-18-6(5-8(14)26-13(15)17-5)9(20)16-7-10(21)19-4(12(22)23)2-3-25-11(7)19/h2,7,11H,3H2,1H3,(H2,15,17)(H,16,20)(H,22,23)/b18-6-/t7-,11-/m1/s1. The summed E-state index contributed by atoms with van der Waals surface area (Å²) in [4.78, 5) is 45.2. The molecule has 0 aromatic carbocycles. The molecule has 0 radical (unpaired) electrons. The van der Waals surface area contributed by atoms with Crippen LogP contribution in [0, 0.1) is 5.13 Å². The summed E-state index contributed by atoms with van der Waals surface area (Å²) in [5, 5.41) is 13.5. The Labute approximate surface area is 153 Å². The number of hydrogen-bond acceptors (Lipinski definition) is 9. The Kier molecular flexibility index (Phi) is 4.82. The van der Waals surface area contributed by atoms with Crippen LogP contribution in [0.3, 0.4) is 0 Å². The van der Waals surface area contributed by atoms with E-state index < -0.39 is 45.7 Å². The van der Waals surface area contributed by atoms with E-state index in [4.69, 9.17) is 10.8 Å². The van der Waals surface area contributed by atoms with Gasteiger partial charge in [0.15, 0.2) is 10.8 Å². The summed E-state index contributed by atoms with van der Waals surface area (Å²) in [6.07, 6.45) is 1.42. The zero-order valence-electron chi connectivity index (χ0n) is 13.1. The second-order valence-corrected chi connectivity index (χ2v) is 7.21. The largest absolute Gasteiger partial charge is 0.477 e. The highest BCUT2D eigenvalue weighted by atomic mass is 32.2. The number of nitrogens with one attached hydrogen (secondary N) is 1. The van der Waals surface area contributed by atoms with E-state index in [0.717, 1.165) is 12.0 Å². The molecule has 13 heteroatoms. The number of hydrogen-bond donors (Lipinski definition) is 3. The summed E-state index contributed by atoms with van der Waals surface area (Å²) in [6, 6.07) is -0.975. The first kappa shape index (κ1) is 18.1. The molecule has 1 aromatic rings. The van der Waals surface area contributed by atoms with E-state index in [9.17, 15) is 18.8 Å². The minimum atomic E-state index is -1.23. The maximum absolute atomic E-state index is 13.9. The van der Waals surface area contributed by atoms with E-state index in [0.29, 0.717) is 17.1 Å². The lowest BCUT2D eigenvalue weighted by molar-refractivity contribution is -0.150. The summed E-state index contributed by atoms with van der Waals surface area (Å²) < 4.78 is 13.9. The van der Waals surface area contributed by atoms with Crippen molar-refractivity contribution < 1.29 is 28.7 Å². The second-order valence-electron chi connectivity index (χ2n) is 5.07. The number of nitrogen functional groups attached to an aromatic ring is 1. The number of aromatic nitrogens is 1. The lowest BCUT2D eigenvalue weighted by atomic mass is 10.0. The number of anilines is 1. The van der Waals surface area contributed by atoms with Crippen molar-refractivity contribution in [3.05, 3.63) is 22.6 Å². The van der Waals surface area contributed by atoms with Crippen LogP contribution in [0.5, 0.6) is 0 Å². The highest BCUT2D eigenvalue weighted by Gasteiger charge is 2.53. The van der Waals surface area contributed by atoms with Gasteiger partial charge in [0.25, 0.3) is 11.8 Å². The van der Waals surface area contributed by atoms with Crippen LogP contribution in [0.4, 0.5) is 9.52 Å². The lowest BCUT2D eigenvalue weighted by Gasteiger charge is -2.48. The van der Waals surface area contributed by atoms with Crippen LogP contribution in [0.15, 0.2) is 16.9 Å². The molecule has 10 nitrogen and oxygen atoms in total. The third kappa shape index (κ3) is 2.99. The predicted molar refractivity (Wildman–Crippen MR) is 90.8 cm³/mol. The van der Waals surface area contributed by atoms with Crippen LogP contribution >= 0.6 is 23.1 Å². The van der Waals surface area contributed by atoms with E-state index in [1.165, 1.54) is 17.8 Å². The van der Waals surface area contributed by atoms with Crippen LogP contribution in [0.1, 0.15) is 5.69 Å². The van der Waals surface area contributed by atoms with Crippen LogP contribution in [0.25, 0.3) is 0 Å². The molecular formula is C13H12FN5O5S2. The molecule has 138 valence electrons. The van der Waals surface area contributed by atoms with Gasteiger partial charge in [-0.25, -0.2) is 9.78 Å². The molecule has 0 unspecified atom stereocenters. The molecular weight excluding hydrogens is 389 g/mol. The van der Waals surface area contributed by atoms with Gasteiger partial charge in [-0.05, 0) is 6.08 Å². The molecule has 4 N–H and O–H groups in total. The molecule has 2 aliphatic rings. The van der Waals surface area contributed by atoms with Crippen LogP contribution < -0.4 is 11.1 Å². The lowest BCUT2D eigenvalue weighted by Crippen LogP contribution is -2.70. The number of carboxylic acids is 1. The Morgan fingerprint density at radius 3 is 2.88 bits per heavy atom. The molecule has 0 saturated carbocycles. The van der Waals surface area contributed by atoms with Crippen molar-refractivity contribution in [1.29, 1.82) is 0 Å². The van der Waals surface area contributed by atoms with E-state index in [2.05, 4.69) is 20.3 Å². The summed E-state index contributed by atoms with van der Waals surface area (Å²) >= 11 is 1.82. The Bertz CT molecular complexity index is 854. The fraction of sp³-hybridized carbons (Fsp3) is 0.308. The SMILES string of the molecule is CO/N=C(\C(=O)N[C@@H]1C(=O)N2C(C(=O)O)=CCS[C@H]12)c1nc(N)sc1F. The molecule has 0 bridgehead atoms. The van der Waals surface area contributed by atoms with Crippen molar-refractivity contribution in [3.8, 4) is 0 Å². The van der Waals surface area contributed by atoms with Crippen LogP contribution in [-0.2, 0) is 19.2 Å². The normalized spacial score (nSPS) is 22.2. The number of thiazole rings is 1. The van der Waals surface area contributed by atoms with Crippen molar-refractivity contribution in [1.82, 2.24) is 15.2 Å². The van der Waals surface area contributed by atoms with Crippen LogP contribution in [0.2, 0.25) is 0 Å². The van der Waals surface area contributed by atoms with E-state index in [1.54, 1.807) is 0 Å². The number of fused-ring (bicyclic) bond motifs is 1. The monoisotopic (exact) mass is 401 g/mol. The number of carboxylic acid groups (broad SMARTS) is 1. The number of carbonyl (C=O) groups excluding carboxylic acids is 2. The first-order chi connectivity index (χ1) is 12.3. The minimum absolute atomic E-state index is 0.0981. The Hall–Kier alpha value is -2.67. The Balaban J connectivity index is 1.79. The molecule has 1 fully saturated rings. The average Bonchev–Trinajstić information content (AvgIpc) is 2.94. The van der Waals surface area contributed by atoms with Gasteiger partial charge < -0.3 is 21.0 Å². The maximum Gasteiger partial charge on any atom is 0.352 e. The van der Waals surface area contributed by atoms with Gasteiger partial charge in [0.2, 0.25) is 5.13 Å². The fourth-order valence-corrected chi connectivity index (χ4v) is 4.25. The van der Waals surface area contributed by atoms with Crippen LogP contribution in [-0.4, -0.2) is 62.8 Å². The van der Waals surface area contributed by atoms with E-state index >= 15 is 0 Å². The molecule has 3 rings (SSSR count). The number of oxime groups is 1. The van der Waals surface area contributed by atoms with Gasteiger partial charge in [0.1, 0.15) is 29.9 Å². The fourth-order valence-electron chi connectivity index (χ4n) is 2.49. The topological polar surface area (TPSA) is 147 Å². The molecule has 0 spiro atoms. The van der Waals surface area contributed by atoms with Crippen molar-refractivity contribution in [2.45, 2.75) is 11.4 Å². The summed E-state index contributed by atoms with van der Waals surface area (Å²) in [7, 11) is 1.16. The van der Waals surface area contributed by atoms with Gasteiger partial charge in [-0.1, -0.05) is 16.5 Å². The Morgan fingerprint density at radius 1 is 1.58 bits per heavy atom. The van der Waals surface area contributed by atoms with Gasteiger partial charge in [-0.3, -0.25) is 14.5 Å². The number of amides is 2. The van der Waals surface area contributed by atoms with Crippen molar-refractivity contribution in [3.63, 3.8) is 0 Å². The predicted octanol–water partition coefficient (Wildman–Crippen LogP) is -0.417. The number of thioether (sulfide) groups is 1.